The van der Waals surface area contributed by atoms with Gasteiger partial charge in [-0.3, -0.25) is 4.79 Å². The number of anilines is 3. The van der Waals surface area contributed by atoms with Gasteiger partial charge in [-0.05, 0) is 49.2 Å². The van der Waals surface area contributed by atoms with Crippen molar-refractivity contribution in [2.75, 3.05) is 10.6 Å². The number of rotatable bonds is 4. The Morgan fingerprint density at radius 1 is 1.00 bits per heavy atom. The number of nitrogens with one attached hydrogen (secondary N) is 2. The van der Waals surface area contributed by atoms with Crippen LogP contribution >= 0.6 is 23.2 Å². The Morgan fingerprint density at radius 3 is 2.46 bits per heavy atom. The molecule has 2 aromatic carbocycles. The van der Waals surface area contributed by atoms with Gasteiger partial charge >= 0.3 is 0 Å². The highest BCUT2D eigenvalue weighted by molar-refractivity contribution is 6.32. The van der Waals surface area contributed by atoms with Crippen LogP contribution in [-0.4, -0.2) is 15.9 Å². The quantitative estimate of drug-likeness (QED) is 0.629. The third kappa shape index (κ3) is 4.12. The first-order valence-corrected chi connectivity index (χ1v) is 8.61. The zero-order valence-electron chi connectivity index (χ0n) is 14.2. The summed E-state index contributed by atoms with van der Waals surface area (Å²) in [5, 5.41) is 7.11. The fraction of sp³-hybridized carbons (Fsp3) is 0.105. The number of aryl methyl sites for hydroxylation is 1. The SMILES string of the molecule is Cc1ccc(Cl)cc1Nc1ncc(C(=O)Nc2cccc(Cl)c2C)cn1. The van der Waals surface area contributed by atoms with Crippen molar-refractivity contribution in [1.29, 1.82) is 0 Å². The Labute approximate surface area is 161 Å². The summed E-state index contributed by atoms with van der Waals surface area (Å²) < 4.78 is 0. The van der Waals surface area contributed by atoms with Gasteiger partial charge in [0.1, 0.15) is 0 Å². The molecule has 5 nitrogen and oxygen atoms in total. The second-order valence-corrected chi connectivity index (χ2v) is 6.59. The lowest BCUT2D eigenvalue weighted by Crippen LogP contribution is -2.14. The zero-order valence-corrected chi connectivity index (χ0v) is 15.7. The molecule has 0 fully saturated rings. The first-order chi connectivity index (χ1) is 12.4. The minimum Gasteiger partial charge on any atom is -0.324 e. The molecular weight excluding hydrogens is 371 g/mol. The molecule has 0 bridgehead atoms. The number of carbonyl (C=O) groups is 1. The summed E-state index contributed by atoms with van der Waals surface area (Å²) in [4.78, 5) is 20.8. The molecule has 2 N–H and O–H groups in total. The van der Waals surface area contributed by atoms with Crippen LogP contribution in [0.15, 0.2) is 48.8 Å². The fourth-order valence-electron chi connectivity index (χ4n) is 2.30. The largest absolute Gasteiger partial charge is 0.324 e. The van der Waals surface area contributed by atoms with Gasteiger partial charge < -0.3 is 10.6 Å². The van der Waals surface area contributed by atoms with Gasteiger partial charge in [-0.25, -0.2) is 9.97 Å². The first-order valence-electron chi connectivity index (χ1n) is 7.86. The van der Waals surface area contributed by atoms with Crippen molar-refractivity contribution in [2.24, 2.45) is 0 Å². The summed E-state index contributed by atoms with van der Waals surface area (Å²) in [6.45, 7) is 3.79. The van der Waals surface area contributed by atoms with E-state index in [1.807, 2.05) is 26.0 Å². The van der Waals surface area contributed by atoms with Gasteiger partial charge in [-0.1, -0.05) is 35.3 Å². The number of hydrogen-bond donors (Lipinski definition) is 2. The minimum absolute atomic E-state index is 0.305. The van der Waals surface area contributed by atoms with Crippen molar-refractivity contribution in [2.45, 2.75) is 13.8 Å². The number of hydrogen-bond acceptors (Lipinski definition) is 4. The molecule has 0 spiro atoms. The van der Waals surface area contributed by atoms with Crippen LogP contribution < -0.4 is 10.6 Å². The van der Waals surface area contributed by atoms with Crippen LogP contribution in [-0.2, 0) is 0 Å². The fourth-order valence-corrected chi connectivity index (χ4v) is 2.64. The van der Waals surface area contributed by atoms with Gasteiger partial charge in [0.2, 0.25) is 5.95 Å². The van der Waals surface area contributed by atoms with Gasteiger partial charge in [0, 0.05) is 33.8 Å². The summed E-state index contributed by atoms with van der Waals surface area (Å²) in [6, 6.07) is 10.9. The van der Waals surface area contributed by atoms with E-state index < -0.39 is 0 Å². The number of carbonyl (C=O) groups excluding carboxylic acids is 1. The van der Waals surface area contributed by atoms with Crippen molar-refractivity contribution in [1.82, 2.24) is 9.97 Å². The van der Waals surface area contributed by atoms with E-state index >= 15 is 0 Å². The van der Waals surface area contributed by atoms with Gasteiger partial charge in [0.25, 0.3) is 5.91 Å². The third-order valence-electron chi connectivity index (χ3n) is 3.88. The van der Waals surface area contributed by atoms with E-state index in [1.54, 1.807) is 24.3 Å². The van der Waals surface area contributed by atoms with Crippen molar-refractivity contribution < 1.29 is 4.79 Å². The molecule has 1 amide bonds. The lowest BCUT2D eigenvalue weighted by atomic mass is 10.2. The highest BCUT2D eigenvalue weighted by Gasteiger charge is 2.11. The smallest absolute Gasteiger partial charge is 0.258 e. The summed E-state index contributed by atoms with van der Waals surface area (Å²) in [5.74, 6) is 0.0757. The van der Waals surface area contributed by atoms with Crippen LogP contribution in [0.2, 0.25) is 10.0 Å². The van der Waals surface area contributed by atoms with E-state index in [4.69, 9.17) is 23.2 Å². The monoisotopic (exact) mass is 386 g/mol. The van der Waals surface area contributed by atoms with Crippen molar-refractivity contribution in [3.8, 4) is 0 Å². The average molecular weight is 387 g/mol. The van der Waals surface area contributed by atoms with Crippen molar-refractivity contribution in [3.05, 3.63) is 75.5 Å². The van der Waals surface area contributed by atoms with Crippen LogP contribution in [0.1, 0.15) is 21.5 Å². The van der Waals surface area contributed by atoms with Crippen LogP contribution in [0.3, 0.4) is 0 Å². The highest BCUT2D eigenvalue weighted by Crippen LogP contribution is 2.24. The highest BCUT2D eigenvalue weighted by atomic mass is 35.5. The molecule has 0 atom stereocenters. The molecule has 0 saturated heterocycles. The lowest BCUT2D eigenvalue weighted by Gasteiger charge is -2.10. The first kappa shape index (κ1) is 18.2. The molecule has 26 heavy (non-hydrogen) atoms. The Hall–Kier alpha value is -2.63. The average Bonchev–Trinajstić information content (AvgIpc) is 2.62. The number of nitrogens with zero attached hydrogens (tertiary/aromatic N) is 2. The Kier molecular flexibility index (Phi) is 5.40. The van der Waals surface area contributed by atoms with Gasteiger partial charge in [0.15, 0.2) is 0 Å². The standard InChI is InChI=1S/C19H16Cl2N4O/c1-11-6-7-14(20)8-17(11)25-19-22-9-13(10-23-19)18(26)24-16-5-3-4-15(21)12(16)2/h3-10H,1-2H3,(H,24,26)(H,22,23,25). The molecule has 0 aliphatic carbocycles. The van der Waals surface area contributed by atoms with Crippen LogP contribution in [0.4, 0.5) is 17.3 Å². The molecule has 1 aromatic heterocycles. The van der Waals surface area contributed by atoms with Crippen LogP contribution in [0, 0.1) is 13.8 Å². The molecule has 0 saturated carbocycles. The predicted octanol–water partition coefficient (Wildman–Crippen LogP) is 5.40. The topological polar surface area (TPSA) is 66.9 Å². The molecule has 3 aromatic rings. The summed E-state index contributed by atoms with van der Waals surface area (Å²) >= 11 is 12.1. The Balaban J connectivity index is 1.73. The second kappa shape index (κ2) is 7.72. The minimum atomic E-state index is -0.305. The molecule has 0 radical (unpaired) electrons. The Morgan fingerprint density at radius 2 is 1.73 bits per heavy atom. The van der Waals surface area contributed by atoms with E-state index in [2.05, 4.69) is 20.6 Å². The lowest BCUT2D eigenvalue weighted by molar-refractivity contribution is 0.102. The molecule has 7 heteroatoms. The van der Waals surface area contributed by atoms with Gasteiger partial charge in [0.05, 0.1) is 5.56 Å². The Bertz CT molecular complexity index is 958. The van der Waals surface area contributed by atoms with E-state index in [1.165, 1.54) is 12.4 Å². The maximum absolute atomic E-state index is 12.4. The predicted molar refractivity (Wildman–Crippen MR) is 106 cm³/mol. The maximum Gasteiger partial charge on any atom is 0.258 e. The zero-order chi connectivity index (χ0) is 18.7. The second-order valence-electron chi connectivity index (χ2n) is 5.75. The molecule has 0 aliphatic rings. The third-order valence-corrected chi connectivity index (χ3v) is 4.52. The molecule has 0 unspecified atom stereocenters. The van der Waals surface area contributed by atoms with Crippen LogP contribution in [0.5, 0.6) is 0 Å². The molecule has 132 valence electrons. The molecular formula is C19H16Cl2N4O. The number of amides is 1. The van der Waals surface area contributed by atoms with E-state index in [9.17, 15) is 4.79 Å². The summed E-state index contributed by atoms with van der Waals surface area (Å²) in [7, 11) is 0. The summed E-state index contributed by atoms with van der Waals surface area (Å²) in [6.07, 6.45) is 2.93. The normalized spacial score (nSPS) is 10.5. The van der Waals surface area contributed by atoms with Crippen molar-refractivity contribution >= 4 is 46.4 Å². The summed E-state index contributed by atoms with van der Waals surface area (Å²) in [5.41, 5.74) is 3.62. The van der Waals surface area contributed by atoms with E-state index in [0.29, 0.717) is 27.2 Å². The number of halogens is 2. The van der Waals surface area contributed by atoms with E-state index in [-0.39, 0.29) is 5.91 Å². The molecule has 0 aliphatic heterocycles. The maximum atomic E-state index is 12.4. The number of aromatic nitrogens is 2. The van der Waals surface area contributed by atoms with Gasteiger partial charge in [-0.2, -0.15) is 0 Å². The number of benzene rings is 2. The van der Waals surface area contributed by atoms with Crippen LogP contribution in [0.25, 0.3) is 0 Å². The van der Waals surface area contributed by atoms with Crippen molar-refractivity contribution in [3.63, 3.8) is 0 Å². The van der Waals surface area contributed by atoms with Gasteiger partial charge in [-0.15, -0.1) is 0 Å². The molecule has 3 rings (SSSR count). The molecule has 1 heterocycles. The van der Waals surface area contributed by atoms with E-state index in [0.717, 1.165) is 16.8 Å².